The highest BCUT2D eigenvalue weighted by Gasteiger charge is 2.23. The topological polar surface area (TPSA) is 49.4 Å². The van der Waals surface area contributed by atoms with E-state index in [0.29, 0.717) is 12.3 Å². The van der Waals surface area contributed by atoms with E-state index in [1.165, 1.54) is 5.56 Å². The number of benzene rings is 2. The second kappa shape index (κ2) is 9.36. The zero-order valence-corrected chi connectivity index (χ0v) is 16.0. The molecule has 27 heavy (non-hydrogen) atoms. The first-order chi connectivity index (χ1) is 13.1. The van der Waals surface area contributed by atoms with Crippen LogP contribution in [-0.2, 0) is 22.4 Å². The van der Waals surface area contributed by atoms with E-state index < -0.39 is 0 Å². The molecule has 2 aromatic carbocycles. The van der Waals surface area contributed by atoms with Crippen LogP contribution in [0, 0.1) is 12.8 Å². The lowest BCUT2D eigenvalue weighted by Crippen LogP contribution is -2.44. The van der Waals surface area contributed by atoms with E-state index in [-0.39, 0.29) is 18.4 Å². The van der Waals surface area contributed by atoms with E-state index in [0.717, 1.165) is 43.5 Å². The summed E-state index contributed by atoms with van der Waals surface area (Å²) in [5.74, 6) is 0.547. The zero-order chi connectivity index (χ0) is 19.1. The molecule has 142 valence electrons. The van der Waals surface area contributed by atoms with E-state index in [4.69, 9.17) is 0 Å². The largest absolute Gasteiger partial charge is 0.347 e. The van der Waals surface area contributed by atoms with Crippen LogP contribution in [0.5, 0.6) is 0 Å². The third kappa shape index (κ3) is 5.95. The van der Waals surface area contributed by atoms with Crippen LogP contribution in [-0.4, -0.2) is 36.3 Å². The third-order valence-corrected chi connectivity index (χ3v) is 5.22. The molecule has 0 radical (unpaired) electrons. The van der Waals surface area contributed by atoms with Crippen molar-refractivity contribution >= 4 is 11.8 Å². The molecular weight excluding hydrogens is 336 g/mol. The van der Waals surface area contributed by atoms with Gasteiger partial charge in [-0.2, -0.15) is 0 Å². The highest BCUT2D eigenvalue weighted by Crippen LogP contribution is 2.21. The summed E-state index contributed by atoms with van der Waals surface area (Å²) in [6.07, 6.45) is 3.44. The van der Waals surface area contributed by atoms with Gasteiger partial charge in [-0.05, 0) is 43.2 Å². The molecule has 0 unspecified atom stereocenters. The Morgan fingerprint density at radius 2 is 1.70 bits per heavy atom. The molecule has 1 aliphatic heterocycles. The number of nitrogens with zero attached hydrogens (tertiary/aromatic N) is 1. The number of carbonyl (C=O) groups excluding carboxylic acids is 2. The number of nitrogens with one attached hydrogen (secondary N) is 1. The Hall–Kier alpha value is -2.62. The van der Waals surface area contributed by atoms with Gasteiger partial charge in [-0.15, -0.1) is 0 Å². The molecule has 1 aliphatic rings. The Morgan fingerprint density at radius 3 is 2.41 bits per heavy atom. The molecule has 2 aromatic rings. The van der Waals surface area contributed by atoms with Gasteiger partial charge in [-0.3, -0.25) is 9.59 Å². The van der Waals surface area contributed by atoms with Crippen LogP contribution < -0.4 is 5.32 Å². The molecule has 1 N–H and O–H groups in total. The average Bonchev–Trinajstić information content (AvgIpc) is 2.67. The summed E-state index contributed by atoms with van der Waals surface area (Å²) in [4.78, 5) is 26.4. The molecule has 0 atom stereocenters. The normalized spacial score (nSPS) is 14.8. The van der Waals surface area contributed by atoms with Crippen molar-refractivity contribution in [3.05, 3.63) is 71.3 Å². The number of carbonyl (C=O) groups is 2. The van der Waals surface area contributed by atoms with Crippen LogP contribution in [0.4, 0.5) is 0 Å². The van der Waals surface area contributed by atoms with Crippen molar-refractivity contribution in [2.45, 2.75) is 32.6 Å². The zero-order valence-electron chi connectivity index (χ0n) is 16.0. The second-order valence-corrected chi connectivity index (χ2v) is 7.46. The Kier molecular flexibility index (Phi) is 6.64. The summed E-state index contributed by atoms with van der Waals surface area (Å²) >= 11 is 0. The Bertz CT molecular complexity index is 765. The minimum atomic E-state index is -0.104. The summed E-state index contributed by atoms with van der Waals surface area (Å²) in [5.41, 5.74) is 3.47. The van der Waals surface area contributed by atoms with E-state index in [2.05, 4.69) is 29.6 Å². The first-order valence-electron chi connectivity index (χ1n) is 9.74. The van der Waals surface area contributed by atoms with Gasteiger partial charge in [0, 0.05) is 13.1 Å². The summed E-state index contributed by atoms with van der Waals surface area (Å²) in [5, 5.41) is 2.77. The van der Waals surface area contributed by atoms with Crippen LogP contribution in [0.15, 0.2) is 54.6 Å². The SMILES string of the molecule is Cc1cccc(CC(=O)NCC(=O)N2CCC(Cc3ccccc3)CC2)c1. The number of piperidine rings is 1. The van der Waals surface area contributed by atoms with Crippen molar-refractivity contribution in [3.63, 3.8) is 0 Å². The summed E-state index contributed by atoms with van der Waals surface area (Å²) in [6.45, 7) is 3.66. The number of rotatable bonds is 6. The molecule has 2 amide bonds. The standard InChI is InChI=1S/C23H28N2O2/c1-18-6-5-9-21(14-18)16-22(26)24-17-23(27)25-12-10-20(11-13-25)15-19-7-3-2-4-8-19/h2-9,14,20H,10-13,15-17H2,1H3,(H,24,26). The molecule has 4 nitrogen and oxygen atoms in total. The van der Waals surface area contributed by atoms with Crippen LogP contribution in [0.3, 0.4) is 0 Å². The fourth-order valence-electron chi connectivity index (χ4n) is 3.69. The predicted molar refractivity (Wildman–Crippen MR) is 107 cm³/mol. The van der Waals surface area contributed by atoms with Crippen molar-refractivity contribution in [2.75, 3.05) is 19.6 Å². The molecular formula is C23H28N2O2. The van der Waals surface area contributed by atoms with Crippen molar-refractivity contribution in [1.82, 2.24) is 10.2 Å². The Morgan fingerprint density at radius 1 is 1.00 bits per heavy atom. The van der Waals surface area contributed by atoms with E-state index in [1.807, 2.05) is 42.2 Å². The number of likely N-dealkylation sites (tertiary alicyclic amines) is 1. The molecule has 0 spiro atoms. The maximum absolute atomic E-state index is 12.4. The van der Waals surface area contributed by atoms with Crippen LogP contribution in [0.1, 0.15) is 29.5 Å². The third-order valence-electron chi connectivity index (χ3n) is 5.22. The van der Waals surface area contributed by atoms with Gasteiger partial charge in [-0.1, -0.05) is 60.2 Å². The minimum Gasteiger partial charge on any atom is -0.347 e. The lowest BCUT2D eigenvalue weighted by atomic mass is 9.90. The fourth-order valence-corrected chi connectivity index (χ4v) is 3.69. The summed E-state index contributed by atoms with van der Waals surface area (Å²) < 4.78 is 0. The maximum atomic E-state index is 12.4. The number of hydrogen-bond donors (Lipinski definition) is 1. The Labute approximate surface area is 161 Å². The van der Waals surface area contributed by atoms with Crippen LogP contribution >= 0.6 is 0 Å². The van der Waals surface area contributed by atoms with Gasteiger partial charge < -0.3 is 10.2 Å². The highest BCUT2D eigenvalue weighted by atomic mass is 16.2. The lowest BCUT2D eigenvalue weighted by molar-refractivity contribution is -0.133. The molecule has 1 saturated heterocycles. The van der Waals surface area contributed by atoms with E-state index >= 15 is 0 Å². The van der Waals surface area contributed by atoms with Gasteiger partial charge in [0.05, 0.1) is 13.0 Å². The minimum absolute atomic E-state index is 0.0192. The molecule has 0 bridgehead atoms. The van der Waals surface area contributed by atoms with Gasteiger partial charge in [0.25, 0.3) is 0 Å². The van der Waals surface area contributed by atoms with Crippen molar-refractivity contribution in [3.8, 4) is 0 Å². The first kappa shape index (κ1) is 19.2. The van der Waals surface area contributed by atoms with Gasteiger partial charge in [-0.25, -0.2) is 0 Å². The Balaban J connectivity index is 1.38. The predicted octanol–water partition coefficient (Wildman–Crippen LogP) is 3.14. The molecule has 0 aliphatic carbocycles. The van der Waals surface area contributed by atoms with E-state index in [9.17, 15) is 9.59 Å². The fraction of sp³-hybridized carbons (Fsp3) is 0.391. The van der Waals surface area contributed by atoms with Gasteiger partial charge in [0.2, 0.25) is 11.8 Å². The van der Waals surface area contributed by atoms with Crippen molar-refractivity contribution in [1.29, 1.82) is 0 Å². The lowest BCUT2D eigenvalue weighted by Gasteiger charge is -2.32. The molecule has 0 saturated carbocycles. The van der Waals surface area contributed by atoms with Crippen molar-refractivity contribution in [2.24, 2.45) is 5.92 Å². The maximum Gasteiger partial charge on any atom is 0.241 e. The van der Waals surface area contributed by atoms with Gasteiger partial charge in [0.1, 0.15) is 0 Å². The molecule has 4 heteroatoms. The monoisotopic (exact) mass is 364 g/mol. The molecule has 0 aromatic heterocycles. The first-order valence-corrected chi connectivity index (χ1v) is 9.74. The van der Waals surface area contributed by atoms with Gasteiger partial charge in [0.15, 0.2) is 0 Å². The van der Waals surface area contributed by atoms with E-state index in [1.54, 1.807) is 0 Å². The number of hydrogen-bond acceptors (Lipinski definition) is 2. The number of aryl methyl sites for hydroxylation is 1. The molecule has 3 rings (SSSR count). The quantitative estimate of drug-likeness (QED) is 0.856. The van der Waals surface area contributed by atoms with Crippen LogP contribution in [0.25, 0.3) is 0 Å². The van der Waals surface area contributed by atoms with Crippen molar-refractivity contribution < 1.29 is 9.59 Å². The average molecular weight is 364 g/mol. The second-order valence-electron chi connectivity index (χ2n) is 7.46. The van der Waals surface area contributed by atoms with Crippen LogP contribution in [0.2, 0.25) is 0 Å². The summed E-state index contributed by atoms with van der Waals surface area (Å²) in [7, 11) is 0. The van der Waals surface area contributed by atoms with Gasteiger partial charge >= 0.3 is 0 Å². The molecule has 1 fully saturated rings. The summed E-state index contributed by atoms with van der Waals surface area (Å²) in [6, 6.07) is 18.4. The smallest absolute Gasteiger partial charge is 0.241 e. The highest BCUT2D eigenvalue weighted by molar-refractivity contribution is 5.85. The molecule has 1 heterocycles. The number of amides is 2.